The Balaban J connectivity index is 0.000000405. The number of hydrogen-bond donors (Lipinski definition) is 2. The van der Waals surface area contributed by atoms with Gasteiger partial charge in [-0.05, 0) is 38.0 Å². The number of nitrogens with two attached hydrogens (primary N) is 1. The van der Waals surface area contributed by atoms with E-state index in [0.717, 1.165) is 5.92 Å². The summed E-state index contributed by atoms with van der Waals surface area (Å²) in [5.41, 5.74) is 6.31. The smallest absolute Gasteiger partial charge is 0.0157 e. The fourth-order valence-corrected chi connectivity index (χ4v) is 2.24. The van der Waals surface area contributed by atoms with E-state index in [0.29, 0.717) is 5.54 Å². The first-order chi connectivity index (χ1) is 3.79. The molecule has 5 N–H and O–H groups in total. The van der Waals surface area contributed by atoms with Crippen LogP contribution < -0.4 is 11.9 Å². The van der Waals surface area contributed by atoms with Crippen molar-refractivity contribution < 1.29 is 0 Å². The fraction of sp³-hybridized carbons (Fsp3) is 1.00. The summed E-state index contributed by atoms with van der Waals surface area (Å²) in [5.74, 6) is 1.01. The van der Waals surface area contributed by atoms with Crippen molar-refractivity contribution in [3.05, 3.63) is 0 Å². The summed E-state index contributed by atoms with van der Waals surface area (Å²) in [4.78, 5) is 0. The predicted molar refractivity (Wildman–Crippen MR) is 38.5 cm³/mol. The van der Waals surface area contributed by atoms with Crippen LogP contribution in [0, 0.1) is 5.92 Å². The minimum Gasteiger partial charge on any atom is -0.344 e. The Morgan fingerprint density at radius 3 is 1.89 bits per heavy atom. The molecule has 2 saturated carbocycles. The third kappa shape index (κ3) is 0.970. The number of fused-ring (bicyclic) bond motifs is 2. The Morgan fingerprint density at radius 1 is 1.22 bits per heavy atom. The van der Waals surface area contributed by atoms with Crippen LogP contribution in [0.1, 0.15) is 32.1 Å². The Hall–Kier alpha value is -0.0800. The van der Waals surface area contributed by atoms with E-state index in [1.54, 1.807) is 0 Å². The molecular formula is C7H16N2. The number of hydrogen-bond acceptors (Lipinski definition) is 2. The molecule has 0 saturated heterocycles. The summed E-state index contributed by atoms with van der Waals surface area (Å²) in [7, 11) is 0. The van der Waals surface area contributed by atoms with Gasteiger partial charge in [-0.15, -0.1) is 0 Å². The standard InChI is InChI=1S/C7H13N.H3N/c8-7-3-1-6(5-7)2-4-7;/h6H,1-5,8H2;1H3. The van der Waals surface area contributed by atoms with Crippen LogP contribution in [0.15, 0.2) is 0 Å². The van der Waals surface area contributed by atoms with Gasteiger partial charge in [0.25, 0.3) is 0 Å². The summed E-state index contributed by atoms with van der Waals surface area (Å²) < 4.78 is 0. The van der Waals surface area contributed by atoms with Crippen molar-refractivity contribution in [2.75, 3.05) is 0 Å². The average molecular weight is 128 g/mol. The van der Waals surface area contributed by atoms with Gasteiger partial charge in [-0.25, -0.2) is 0 Å². The van der Waals surface area contributed by atoms with Gasteiger partial charge in [0.05, 0.1) is 0 Å². The maximum absolute atomic E-state index is 6.00. The highest BCUT2D eigenvalue weighted by molar-refractivity contribution is 4.99. The van der Waals surface area contributed by atoms with Crippen molar-refractivity contribution in [2.45, 2.75) is 37.6 Å². The zero-order valence-corrected chi connectivity index (χ0v) is 5.90. The van der Waals surface area contributed by atoms with Crippen molar-refractivity contribution in [1.29, 1.82) is 0 Å². The summed E-state index contributed by atoms with van der Waals surface area (Å²) >= 11 is 0. The van der Waals surface area contributed by atoms with Crippen molar-refractivity contribution in [2.24, 2.45) is 11.7 Å². The Morgan fingerprint density at radius 2 is 1.78 bits per heavy atom. The molecule has 0 amide bonds. The molecule has 0 aliphatic heterocycles. The normalized spacial score (nSPS) is 47.0. The largest absolute Gasteiger partial charge is 0.344 e. The van der Waals surface area contributed by atoms with E-state index in [1.807, 2.05) is 0 Å². The molecule has 0 atom stereocenters. The molecule has 0 aromatic carbocycles. The number of rotatable bonds is 0. The van der Waals surface area contributed by atoms with Crippen LogP contribution in [0.25, 0.3) is 0 Å². The summed E-state index contributed by atoms with van der Waals surface area (Å²) in [6.45, 7) is 0. The van der Waals surface area contributed by atoms with Gasteiger partial charge in [0.15, 0.2) is 0 Å². The molecule has 2 nitrogen and oxygen atoms in total. The molecule has 2 aliphatic rings. The van der Waals surface area contributed by atoms with Crippen LogP contribution in [-0.4, -0.2) is 5.54 Å². The molecule has 0 radical (unpaired) electrons. The molecule has 2 aliphatic carbocycles. The molecule has 2 bridgehead atoms. The first-order valence-corrected chi connectivity index (χ1v) is 3.57. The predicted octanol–water partition coefficient (Wildman–Crippen LogP) is 1.44. The van der Waals surface area contributed by atoms with Crippen molar-refractivity contribution in [1.82, 2.24) is 6.15 Å². The highest BCUT2D eigenvalue weighted by Crippen LogP contribution is 2.45. The third-order valence-corrected chi connectivity index (χ3v) is 2.80. The van der Waals surface area contributed by atoms with Crippen LogP contribution in [0.2, 0.25) is 0 Å². The van der Waals surface area contributed by atoms with Crippen LogP contribution in [0.5, 0.6) is 0 Å². The molecule has 0 unspecified atom stereocenters. The van der Waals surface area contributed by atoms with E-state index in [2.05, 4.69) is 0 Å². The lowest BCUT2D eigenvalue weighted by Gasteiger charge is -2.19. The Labute approximate surface area is 56.4 Å². The summed E-state index contributed by atoms with van der Waals surface area (Å²) in [5, 5.41) is 0. The summed E-state index contributed by atoms with van der Waals surface area (Å²) in [6.07, 6.45) is 6.76. The van der Waals surface area contributed by atoms with Gasteiger partial charge in [-0.3, -0.25) is 0 Å². The second kappa shape index (κ2) is 1.96. The molecule has 54 valence electrons. The van der Waals surface area contributed by atoms with Crippen LogP contribution >= 0.6 is 0 Å². The van der Waals surface area contributed by atoms with E-state index in [1.165, 1.54) is 32.1 Å². The molecule has 9 heavy (non-hydrogen) atoms. The minimum absolute atomic E-state index is 0. The van der Waals surface area contributed by atoms with Crippen LogP contribution in [-0.2, 0) is 0 Å². The first-order valence-electron chi connectivity index (χ1n) is 3.57. The van der Waals surface area contributed by atoms with Crippen molar-refractivity contribution >= 4 is 0 Å². The molecule has 2 fully saturated rings. The average Bonchev–Trinajstić information content (AvgIpc) is 2.21. The van der Waals surface area contributed by atoms with Gasteiger partial charge in [0, 0.05) is 5.54 Å². The maximum Gasteiger partial charge on any atom is 0.0157 e. The SMILES string of the molecule is N.NC12CCC(CC1)C2. The second-order valence-corrected chi connectivity index (χ2v) is 3.51. The maximum atomic E-state index is 6.00. The van der Waals surface area contributed by atoms with E-state index >= 15 is 0 Å². The lowest BCUT2D eigenvalue weighted by molar-refractivity contribution is 0.418. The summed E-state index contributed by atoms with van der Waals surface area (Å²) in [6, 6.07) is 0. The zero-order valence-electron chi connectivity index (χ0n) is 5.90. The molecule has 0 heterocycles. The lowest BCUT2D eigenvalue weighted by atomic mass is 9.95. The quantitative estimate of drug-likeness (QED) is 0.518. The first kappa shape index (κ1) is 7.03. The van der Waals surface area contributed by atoms with Gasteiger partial charge in [0.1, 0.15) is 0 Å². The lowest BCUT2D eigenvalue weighted by Crippen LogP contribution is -2.33. The molecule has 2 rings (SSSR count). The molecule has 0 aromatic heterocycles. The zero-order chi connectivity index (χ0) is 5.61. The highest BCUT2D eigenvalue weighted by Gasteiger charge is 2.41. The van der Waals surface area contributed by atoms with Gasteiger partial charge >= 0.3 is 0 Å². The van der Waals surface area contributed by atoms with Gasteiger partial charge in [0.2, 0.25) is 0 Å². The van der Waals surface area contributed by atoms with Gasteiger partial charge in [-0.1, -0.05) is 0 Å². The van der Waals surface area contributed by atoms with E-state index in [-0.39, 0.29) is 6.15 Å². The molecule has 2 heteroatoms. The fourth-order valence-electron chi connectivity index (χ4n) is 2.24. The second-order valence-electron chi connectivity index (χ2n) is 3.51. The van der Waals surface area contributed by atoms with Gasteiger partial charge in [-0.2, -0.15) is 0 Å². The minimum atomic E-state index is 0. The van der Waals surface area contributed by atoms with Crippen LogP contribution in [0.4, 0.5) is 0 Å². The molecule has 0 aromatic rings. The highest BCUT2D eigenvalue weighted by atomic mass is 14.8. The Bertz CT molecular complexity index is 103. The Kier molecular flexibility index (Phi) is 1.53. The molecular weight excluding hydrogens is 112 g/mol. The van der Waals surface area contributed by atoms with Crippen molar-refractivity contribution in [3.63, 3.8) is 0 Å². The monoisotopic (exact) mass is 128 g/mol. The van der Waals surface area contributed by atoms with Crippen molar-refractivity contribution in [3.8, 4) is 0 Å². The van der Waals surface area contributed by atoms with Gasteiger partial charge < -0.3 is 11.9 Å². The molecule has 0 spiro atoms. The third-order valence-electron chi connectivity index (χ3n) is 2.80. The van der Waals surface area contributed by atoms with E-state index in [9.17, 15) is 0 Å². The van der Waals surface area contributed by atoms with E-state index < -0.39 is 0 Å². The van der Waals surface area contributed by atoms with Crippen LogP contribution in [0.3, 0.4) is 0 Å². The topological polar surface area (TPSA) is 61.0 Å². The van der Waals surface area contributed by atoms with E-state index in [4.69, 9.17) is 5.73 Å².